The molecule has 0 radical (unpaired) electrons. The molecule has 1 amide bonds. The molecule has 0 unspecified atom stereocenters. The highest BCUT2D eigenvalue weighted by molar-refractivity contribution is 9.10. The number of aryl methyl sites for hydroxylation is 2. The van der Waals surface area contributed by atoms with Gasteiger partial charge in [-0.15, -0.1) is 0 Å². The van der Waals surface area contributed by atoms with Gasteiger partial charge < -0.3 is 14.6 Å². The third-order valence-corrected chi connectivity index (χ3v) is 5.23. The van der Waals surface area contributed by atoms with E-state index in [0.29, 0.717) is 23.6 Å². The number of ether oxygens (including phenoxy) is 1. The van der Waals surface area contributed by atoms with Crippen LogP contribution in [-0.4, -0.2) is 20.8 Å². The number of hydrogen-bond donors (Lipinski definition) is 1. The largest absolute Gasteiger partial charge is 0.488 e. The molecular weight excluding hydrogens is 460 g/mol. The fourth-order valence-corrected chi connectivity index (χ4v) is 3.43. The van der Waals surface area contributed by atoms with Crippen molar-refractivity contribution in [3.8, 4) is 5.75 Å². The van der Waals surface area contributed by atoms with Crippen LogP contribution in [0.2, 0.25) is 0 Å². The molecular formula is C23H21BrN4O3. The highest BCUT2D eigenvalue weighted by Crippen LogP contribution is 2.22. The minimum Gasteiger partial charge on any atom is -0.488 e. The highest BCUT2D eigenvalue weighted by Gasteiger charge is 2.21. The molecule has 8 heteroatoms. The lowest BCUT2D eigenvalue weighted by atomic mass is 10.1. The van der Waals surface area contributed by atoms with Gasteiger partial charge in [-0.2, -0.15) is 5.10 Å². The van der Waals surface area contributed by atoms with E-state index in [0.717, 1.165) is 21.3 Å². The first-order chi connectivity index (χ1) is 15.0. The molecule has 0 saturated heterocycles. The van der Waals surface area contributed by atoms with E-state index in [1.165, 1.54) is 0 Å². The number of nitrogens with zero attached hydrogens (tertiary/aromatic N) is 3. The average Bonchev–Trinajstić information content (AvgIpc) is 3.34. The summed E-state index contributed by atoms with van der Waals surface area (Å²) < 4.78 is 13.9. The number of para-hydroxylation sites is 1. The number of anilines is 1. The first-order valence-corrected chi connectivity index (χ1v) is 10.5. The first-order valence-electron chi connectivity index (χ1n) is 9.71. The average molecular weight is 481 g/mol. The molecule has 0 aliphatic heterocycles. The van der Waals surface area contributed by atoms with Crippen LogP contribution in [0, 0.1) is 13.8 Å². The van der Waals surface area contributed by atoms with E-state index in [1.807, 2.05) is 66.3 Å². The van der Waals surface area contributed by atoms with E-state index in [4.69, 9.17) is 9.26 Å². The maximum Gasteiger partial charge on any atom is 0.278 e. The van der Waals surface area contributed by atoms with Crippen LogP contribution >= 0.6 is 15.9 Å². The van der Waals surface area contributed by atoms with Gasteiger partial charge in [0.1, 0.15) is 18.1 Å². The monoisotopic (exact) mass is 480 g/mol. The molecule has 158 valence electrons. The predicted octanol–water partition coefficient (Wildman–Crippen LogP) is 5.13. The minimum atomic E-state index is -0.344. The van der Waals surface area contributed by atoms with Crippen molar-refractivity contribution in [1.29, 1.82) is 0 Å². The van der Waals surface area contributed by atoms with Gasteiger partial charge in [0, 0.05) is 11.9 Å². The van der Waals surface area contributed by atoms with Crippen molar-refractivity contribution < 1.29 is 14.1 Å². The number of aromatic nitrogens is 3. The van der Waals surface area contributed by atoms with E-state index in [-0.39, 0.29) is 18.2 Å². The lowest BCUT2D eigenvalue weighted by molar-refractivity contribution is 0.101. The van der Waals surface area contributed by atoms with E-state index in [1.54, 1.807) is 13.1 Å². The van der Waals surface area contributed by atoms with Crippen molar-refractivity contribution in [3.05, 3.63) is 93.5 Å². The van der Waals surface area contributed by atoms with Gasteiger partial charge in [-0.05, 0) is 59.1 Å². The molecule has 1 N–H and O–H groups in total. The summed E-state index contributed by atoms with van der Waals surface area (Å²) in [6.45, 7) is 4.57. The standard InChI is InChI=1S/C23H21BrN4O3/c1-15-5-3-4-6-21(15)30-14-20-16(2)31-27-22(20)23(29)26-19-9-7-17(8-10-19)12-28-13-18(24)11-25-28/h3-11,13H,12,14H2,1-2H3,(H,26,29). The number of amides is 1. The molecule has 0 atom stereocenters. The fourth-order valence-electron chi connectivity index (χ4n) is 3.10. The SMILES string of the molecule is Cc1ccccc1OCc1c(C(=O)Nc2ccc(Cn3cc(Br)cn3)cc2)noc1C. The summed E-state index contributed by atoms with van der Waals surface area (Å²) in [6.07, 6.45) is 3.65. The predicted molar refractivity (Wildman–Crippen MR) is 120 cm³/mol. The Labute approximate surface area is 188 Å². The Hall–Kier alpha value is -3.39. The summed E-state index contributed by atoms with van der Waals surface area (Å²) in [5.41, 5.74) is 3.60. The molecule has 0 bridgehead atoms. The second kappa shape index (κ2) is 9.18. The second-order valence-electron chi connectivity index (χ2n) is 7.13. The molecule has 4 rings (SSSR count). The van der Waals surface area contributed by atoms with Gasteiger partial charge in [-0.3, -0.25) is 9.48 Å². The molecule has 0 aliphatic carbocycles. The molecule has 4 aromatic rings. The number of carbonyl (C=O) groups excluding carboxylic acids is 1. The summed E-state index contributed by atoms with van der Waals surface area (Å²) in [7, 11) is 0. The number of hydrogen-bond acceptors (Lipinski definition) is 5. The Morgan fingerprint density at radius 1 is 1.16 bits per heavy atom. The van der Waals surface area contributed by atoms with Gasteiger partial charge in [0.15, 0.2) is 5.69 Å². The van der Waals surface area contributed by atoms with Gasteiger partial charge in [-0.25, -0.2) is 0 Å². The summed E-state index contributed by atoms with van der Waals surface area (Å²) >= 11 is 3.39. The van der Waals surface area contributed by atoms with E-state index >= 15 is 0 Å². The van der Waals surface area contributed by atoms with E-state index in [2.05, 4.69) is 31.5 Å². The van der Waals surface area contributed by atoms with Crippen LogP contribution < -0.4 is 10.1 Å². The summed E-state index contributed by atoms with van der Waals surface area (Å²) in [5.74, 6) is 0.970. The molecule has 0 fully saturated rings. The minimum absolute atomic E-state index is 0.196. The van der Waals surface area contributed by atoms with Crippen LogP contribution in [0.1, 0.15) is 32.9 Å². The summed E-state index contributed by atoms with van der Waals surface area (Å²) in [5, 5.41) is 11.1. The van der Waals surface area contributed by atoms with Crippen molar-refractivity contribution >= 4 is 27.5 Å². The van der Waals surface area contributed by atoms with Gasteiger partial charge >= 0.3 is 0 Å². The zero-order chi connectivity index (χ0) is 21.8. The van der Waals surface area contributed by atoms with Gasteiger partial charge in [0.05, 0.1) is 22.8 Å². The smallest absolute Gasteiger partial charge is 0.278 e. The number of nitrogens with one attached hydrogen (secondary N) is 1. The van der Waals surface area contributed by atoms with Crippen LogP contribution in [0.4, 0.5) is 5.69 Å². The zero-order valence-electron chi connectivity index (χ0n) is 17.1. The second-order valence-corrected chi connectivity index (χ2v) is 8.04. The number of benzene rings is 2. The quantitative estimate of drug-likeness (QED) is 0.396. The van der Waals surface area contributed by atoms with Gasteiger partial charge in [0.25, 0.3) is 5.91 Å². The Morgan fingerprint density at radius 2 is 1.94 bits per heavy atom. The fraction of sp³-hybridized carbons (Fsp3) is 0.174. The molecule has 2 aromatic carbocycles. The number of halogens is 1. The van der Waals surface area contributed by atoms with Crippen molar-refractivity contribution in [2.24, 2.45) is 0 Å². The maximum absolute atomic E-state index is 12.8. The molecule has 0 saturated carbocycles. The Morgan fingerprint density at radius 3 is 2.65 bits per heavy atom. The Bertz CT molecular complexity index is 1200. The lowest BCUT2D eigenvalue weighted by Crippen LogP contribution is -2.15. The molecule has 31 heavy (non-hydrogen) atoms. The zero-order valence-corrected chi connectivity index (χ0v) is 18.7. The summed E-state index contributed by atoms with van der Waals surface area (Å²) in [6, 6.07) is 15.3. The normalized spacial score (nSPS) is 10.8. The van der Waals surface area contributed by atoms with Gasteiger partial charge in [0.2, 0.25) is 0 Å². The van der Waals surface area contributed by atoms with Crippen LogP contribution in [0.3, 0.4) is 0 Å². The maximum atomic E-state index is 12.8. The lowest BCUT2D eigenvalue weighted by Gasteiger charge is -2.09. The highest BCUT2D eigenvalue weighted by atomic mass is 79.9. The topological polar surface area (TPSA) is 82.2 Å². The van der Waals surface area contributed by atoms with Crippen molar-refractivity contribution in [1.82, 2.24) is 14.9 Å². The van der Waals surface area contributed by atoms with Crippen LogP contribution in [-0.2, 0) is 13.2 Å². The molecule has 7 nitrogen and oxygen atoms in total. The van der Waals surface area contributed by atoms with Crippen molar-refractivity contribution in [2.45, 2.75) is 27.0 Å². The summed E-state index contributed by atoms with van der Waals surface area (Å²) in [4.78, 5) is 12.8. The third kappa shape index (κ3) is 5.03. The van der Waals surface area contributed by atoms with Crippen molar-refractivity contribution in [3.63, 3.8) is 0 Å². The van der Waals surface area contributed by atoms with Crippen molar-refractivity contribution in [2.75, 3.05) is 5.32 Å². The van der Waals surface area contributed by atoms with E-state index in [9.17, 15) is 4.79 Å². The molecule has 2 aromatic heterocycles. The first kappa shape index (κ1) is 20.9. The van der Waals surface area contributed by atoms with Crippen LogP contribution in [0.25, 0.3) is 0 Å². The third-order valence-electron chi connectivity index (χ3n) is 4.82. The number of carbonyl (C=O) groups is 1. The Kier molecular flexibility index (Phi) is 6.18. The van der Waals surface area contributed by atoms with Gasteiger partial charge in [-0.1, -0.05) is 35.5 Å². The number of rotatable bonds is 7. The Balaban J connectivity index is 1.42. The van der Waals surface area contributed by atoms with E-state index < -0.39 is 0 Å². The van der Waals surface area contributed by atoms with Crippen LogP contribution in [0.5, 0.6) is 5.75 Å². The molecule has 2 heterocycles. The van der Waals surface area contributed by atoms with Crippen LogP contribution in [0.15, 0.2) is 69.9 Å². The molecule has 0 spiro atoms. The molecule has 0 aliphatic rings.